The Morgan fingerprint density at radius 3 is 2.03 bits per heavy atom. The van der Waals surface area contributed by atoms with Crippen LogP contribution in [-0.4, -0.2) is 147 Å². The number of ether oxygens (including phenoxy) is 4. The number of esters is 1. The fourth-order valence-corrected chi connectivity index (χ4v) is 14.0. The lowest BCUT2D eigenvalue weighted by Gasteiger charge is -2.71. The molecule has 19 atom stereocenters. The molecular weight excluding hydrogens is 809 g/mol. The van der Waals surface area contributed by atoms with Gasteiger partial charge in [0.15, 0.2) is 6.29 Å². The van der Waals surface area contributed by atoms with E-state index >= 15 is 0 Å². The number of hydrogen-bond acceptors (Lipinski definition) is 16. The molecule has 0 aromatic rings. The van der Waals surface area contributed by atoms with Gasteiger partial charge in [0.1, 0.15) is 48.8 Å². The van der Waals surface area contributed by atoms with Gasteiger partial charge in [-0.1, -0.05) is 53.2 Å². The molecule has 0 bridgehead atoms. The Hall–Kier alpha value is -1.36. The molecular formula is C42H68O17S. The van der Waals surface area contributed by atoms with E-state index in [4.69, 9.17) is 23.1 Å². The van der Waals surface area contributed by atoms with Gasteiger partial charge in [0, 0.05) is 5.41 Å². The van der Waals surface area contributed by atoms with Gasteiger partial charge in [-0.05, 0) is 104 Å². The van der Waals surface area contributed by atoms with Crippen molar-refractivity contribution in [1.29, 1.82) is 0 Å². The van der Waals surface area contributed by atoms with E-state index in [0.717, 1.165) is 19.3 Å². The maximum absolute atomic E-state index is 14.8. The van der Waals surface area contributed by atoms with Gasteiger partial charge in [-0.2, -0.15) is 8.42 Å². The van der Waals surface area contributed by atoms with Gasteiger partial charge in [-0.25, -0.2) is 4.18 Å². The fraction of sp³-hybridized carbons (Fsp3) is 0.929. The van der Waals surface area contributed by atoms with E-state index < -0.39 is 108 Å². The second-order valence-electron chi connectivity index (χ2n) is 21.1. The molecule has 7 rings (SSSR count). The van der Waals surface area contributed by atoms with Gasteiger partial charge in [-0.15, -0.1) is 0 Å². The van der Waals surface area contributed by atoms with Crippen molar-refractivity contribution in [1.82, 2.24) is 0 Å². The van der Waals surface area contributed by atoms with Crippen LogP contribution in [-0.2, 0) is 38.3 Å². The average Bonchev–Trinajstić information content (AvgIpc) is 3.18. The largest absolute Gasteiger partial charge is 0.432 e. The summed E-state index contributed by atoms with van der Waals surface area (Å²) < 4.78 is 60.8. The second kappa shape index (κ2) is 16.0. The molecule has 344 valence electrons. The number of hydrogen-bond donors (Lipinski definition) is 9. The maximum Gasteiger partial charge on any atom is 0.397 e. The Morgan fingerprint density at radius 2 is 1.38 bits per heavy atom. The molecule has 0 amide bonds. The predicted octanol–water partition coefficient (Wildman–Crippen LogP) is 1.12. The van der Waals surface area contributed by atoms with Crippen LogP contribution in [0.15, 0.2) is 11.6 Å². The topological polar surface area (TPSA) is 279 Å². The van der Waals surface area contributed by atoms with E-state index in [-0.39, 0.29) is 46.0 Å². The van der Waals surface area contributed by atoms with Crippen molar-refractivity contribution in [2.75, 3.05) is 19.8 Å². The molecule has 18 heteroatoms. The highest BCUT2D eigenvalue weighted by molar-refractivity contribution is 7.80. The monoisotopic (exact) mass is 876 g/mol. The van der Waals surface area contributed by atoms with Crippen molar-refractivity contribution in [3.63, 3.8) is 0 Å². The van der Waals surface area contributed by atoms with Crippen LogP contribution in [0.3, 0.4) is 0 Å². The molecule has 60 heavy (non-hydrogen) atoms. The number of carbonyl (C=O) groups is 1. The van der Waals surface area contributed by atoms with E-state index in [1.54, 1.807) is 0 Å². The highest BCUT2D eigenvalue weighted by atomic mass is 32.3. The van der Waals surface area contributed by atoms with Crippen LogP contribution in [0.4, 0.5) is 0 Å². The van der Waals surface area contributed by atoms with Gasteiger partial charge >= 0.3 is 16.4 Å². The van der Waals surface area contributed by atoms with Gasteiger partial charge in [0.25, 0.3) is 0 Å². The number of rotatable bonds is 9. The Balaban J connectivity index is 1.13. The number of fused-ring (bicyclic) bond motifs is 7. The molecule has 0 aromatic heterocycles. The molecule has 9 N–H and O–H groups in total. The van der Waals surface area contributed by atoms with Crippen LogP contribution in [0.5, 0.6) is 0 Å². The molecule has 2 heterocycles. The highest BCUT2D eigenvalue weighted by Gasteiger charge is 2.70. The second-order valence-corrected chi connectivity index (χ2v) is 22.2. The van der Waals surface area contributed by atoms with Crippen LogP contribution in [0, 0.1) is 50.2 Å². The lowest BCUT2D eigenvalue weighted by Crippen LogP contribution is -2.66. The molecule has 2 aliphatic heterocycles. The first-order chi connectivity index (χ1) is 27.8. The summed E-state index contributed by atoms with van der Waals surface area (Å²) in [6.07, 6.45) is -8.27. The van der Waals surface area contributed by atoms with Gasteiger partial charge in [0.05, 0.1) is 31.3 Å². The lowest BCUT2D eigenvalue weighted by atomic mass is 9.33. The van der Waals surface area contributed by atoms with Crippen molar-refractivity contribution in [2.45, 2.75) is 173 Å². The summed E-state index contributed by atoms with van der Waals surface area (Å²) in [4.78, 5) is 14.8. The number of allylic oxidation sites excluding steroid dienone is 2. The summed E-state index contributed by atoms with van der Waals surface area (Å²) in [5.74, 6) is -0.724. The summed E-state index contributed by atoms with van der Waals surface area (Å²) in [6, 6.07) is 0. The minimum absolute atomic E-state index is 0.0828. The molecule has 7 aliphatic rings. The van der Waals surface area contributed by atoms with Crippen molar-refractivity contribution < 1.29 is 81.7 Å². The number of aliphatic hydroxyl groups is 8. The summed E-state index contributed by atoms with van der Waals surface area (Å²) in [6.45, 7) is 11.6. The van der Waals surface area contributed by atoms with Crippen molar-refractivity contribution in [2.24, 2.45) is 50.2 Å². The van der Waals surface area contributed by atoms with E-state index in [2.05, 4.69) is 40.7 Å². The molecule has 2 saturated heterocycles. The fourth-order valence-electron chi connectivity index (χ4n) is 13.6. The third kappa shape index (κ3) is 7.43. The summed E-state index contributed by atoms with van der Waals surface area (Å²) in [5, 5.41) is 84.5. The summed E-state index contributed by atoms with van der Waals surface area (Å²) in [5.41, 5.74) is -1.67. The third-order valence-corrected chi connectivity index (χ3v) is 17.9. The minimum Gasteiger partial charge on any atom is -0.432 e. The van der Waals surface area contributed by atoms with E-state index in [9.17, 15) is 58.6 Å². The Bertz CT molecular complexity index is 1760. The first kappa shape index (κ1) is 46.6. The smallest absolute Gasteiger partial charge is 0.397 e. The molecule has 4 saturated carbocycles. The maximum atomic E-state index is 14.8. The Morgan fingerprint density at radius 1 is 0.767 bits per heavy atom. The zero-order valence-corrected chi connectivity index (χ0v) is 36.4. The molecule has 0 spiro atoms. The quantitative estimate of drug-likeness (QED) is 0.0892. The van der Waals surface area contributed by atoms with E-state index in [0.29, 0.717) is 44.9 Å². The molecule has 17 nitrogen and oxygen atoms in total. The molecule has 0 radical (unpaired) electrons. The van der Waals surface area contributed by atoms with E-state index in [1.165, 1.54) is 5.57 Å². The Kier molecular flexibility index (Phi) is 12.4. The average molecular weight is 877 g/mol. The first-order valence-corrected chi connectivity index (χ1v) is 23.0. The van der Waals surface area contributed by atoms with E-state index in [1.807, 2.05) is 6.92 Å². The predicted molar refractivity (Wildman–Crippen MR) is 209 cm³/mol. The molecule has 5 aliphatic carbocycles. The van der Waals surface area contributed by atoms with Crippen molar-refractivity contribution in [3.8, 4) is 0 Å². The highest BCUT2D eigenvalue weighted by Crippen LogP contribution is 2.76. The van der Waals surface area contributed by atoms with Gasteiger partial charge in [-0.3, -0.25) is 9.35 Å². The van der Waals surface area contributed by atoms with Gasteiger partial charge in [0.2, 0.25) is 6.29 Å². The standard InChI is InChI=1S/C42H68O17S/c1-37(2)13-15-42(36(51)59-35-33(50)31(48)29(46)24(58-35)19-55-34-32(49)30(47)28(45)23(18-43)57-34)16-14-40(5)21(22(42)17-37)7-8-26-38(3)11-10-27(44)39(4,20-56-60(52,53)54)25(38)9-12-41(26,40)6/h7,22-35,43-50H,8-20H2,1-6H3,(H,52,53,54)/t22-,23+,24+,25+,26+,27-,28+,29+,30-,31-,32+,33+,34+,35-,38-,39-,40+,41+,42-/m0/s1. The number of aliphatic hydroxyl groups excluding tert-OH is 8. The zero-order chi connectivity index (χ0) is 44.2. The van der Waals surface area contributed by atoms with Crippen molar-refractivity contribution >= 4 is 16.4 Å². The van der Waals surface area contributed by atoms with Crippen LogP contribution < -0.4 is 0 Å². The van der Waals surface area contributed by atoms with Crippen molar-refractivity contribution in [3.05, 3.63) is 11.6 Å². The van der Waals surface area contributed by atoms with Gasteiger partial charge < -0.3 is 59.8 Å². The third-order valence-electron chi connectivity index (χ3n) is 17.5. The molecule has 0 unspecified atom stereocenters. The van der Waals surface area contributed by atoms with Crippen LogP contribution in [0.25, 0.3) is 0 Å². The summed E-state index contributed by atoms with van der Waals surface area (Å²) >= 11 is 0. The SMILES string of the molecule is CC1(C)CC[C@]2(C(=O)O[C@@H]3O[C@H](CO[C@@H]4O[C@H](CO)[C@@H](O)[C@H](O)[C@H]4O)[C@@H](O)[C@H](O)[C@H]3O)CC[C@]3(C)C(=CC[C@@H]4[C@@]5(C)CC[C@H](O)[C@@](C)(COS(=O)(=O)O)[C@@H]5CC[C@]43C)[C@@H]2C1. The number of carbonyl (C=O) groups excluding carboxylic acids is 1. The molecule has 0 aromatic carbocycles. The van der Waals surface area contributed by atoms with Crippen LogP contribution >= 0.6 is 0 Å². The lowest BCUT2D eigenvalue weighted by molar-refractivity contribution is -0.328. The Labute approximate surface area is 352 Å². The minimum atomic E-state index is -4.72. The van der Waals surface area contributed by atoms with Crippen LogP contribution in [0.2, 0.25) is 0 Å². The van der Waals surface area contributed by atoms with Crippen LogP contribution in [0.1, 0.15) is 106 Å². The summed E-state index contributed by atoms with van der Waals surface area (Å²) in [7, 11) is -4.72. The normalized spacial score (nSPS) is 51.5. The molecule has 6 fully saturated rings. The zero-order valence-electron chi connectivity index (χ0n) is 35.6. The first-order valence-electron chi connectivity index (χ1n) is 21.6.